The molecule has 0 N–H and O–H groups in total. The Hall–Kier alpha value is -1.95. The molecule has 0 spiro atoms. The highest BCUT2D eigenvalue weighted by atomic mass is 79.9. The molecular weight excluding hydrogens is 504 g/mol. The molecule has 1 aliphatic heterocycles. The predicted molar refractivity (Wildman–Crippen MR) is 120 cm³/mol. The van der Waals surface area contributed by atoms with Crippen molar-refractivity contribution in [1.29, 1.82) is 0 Å². The Balaban J connectivity index is 1.75. The molecule has 1 amide bonds. The lowest BCUT2D eigenvalue weighted by atomic mass is 9.98. The summed E-state index contributed by atoms with van der Waals surface area (Å²) in [6, 6.07) is 22.8. The number of rotatable bonds is 3. The second kappa shape index (κ2) is 8.19. The number of carbonyl (C=O) groups excluding carboxylic acids is 1. The maximum Gasteiger partial charge on any atom is 0.276 e. The summed E-state index contributed by atoms with van der Waals surface area (Å²) < 4.78 is 2.00. The minimum atomic E-state index is -0.203. The lowest BCUT2D eigenvalue weighted by molar-refractivity contribution is 0.0711. The molecule has 4 rings (SSSR count). The zero-order valence-corrected chi connectivity index (χ0v) is 18.6. The Bertz CT molecular complexity index is 1050. The van der Waals surface area contributed by atoms with Crippen LogP contribution in [0.2, 0.25) is 5.02 Å². The van der Waals surface area contributed by atoms with Gasteiger partial charge < -0.3 is 0 Å². The minimum Gasteiger partial charge on any atom is -0.267 e. The molecule has 28 heavy (non-hydrogen) atoms. The first kappa shape index (κ1) is 19.4. The van der Waals surface area contributed by atoms with Crippen LogP contribution in [0.5, 0.6) is 0 Å². The SMILES string of the molecule is O=C(c1ccccc1Cl)N1N=C(c2ccc(Br)cc2)CC1c1ccc(Br)cc1. The lowest BCUT2D eigenvalue weighted by Crippen LogP contribution is -2.27. The molecule has 0 saturated carbocycles. The molecule has 1 unspecified atom stereocenters. The maximum absolute atomic E-state index is 13.3. The first-order valence-electron chi connectivity index (χ1n) is 8.70. The van der Waals surface area contributed by atoms with Gasteiger partial charge in [0.05, 0.1) is 22.3 Å². The predicted octanol–water partition coefficient (Wildman–Crippen LogP) is 6.86. The van der Waals surface area contributed by atoms with Crippen molar-refractivity contribution in [2.24, 2.45) is 5.10 Å². The lowest BCUT2D eigenvalue weighted by Gasteiger charge is -2.22. The van der Waals surface area contributed by atoms with Crippen LogP contribution >= 0.6 is 43.5 Å². The van der Waals surface area contributed by atoms with Crippen molar-refractivity contribution in [3.05, 3.63) is 103 Å². The van der Waals surface area contributed by atoms with Gasteiger partial charge in [-0.1, -0.05) is 79.9 Å². The normalized spacial score (nSPS) is 16.2. The van der Waals surface area contributed by atoms with Crippen LogP contribution in [0.25, 0.3) is 0 Å². The highest BCUT2D eigenvalue weighted by Gasteiger charge is 2.34. The van der Waals surface area contributed by atoms with Gasteiger partial charge in [0.25, 0.3) is 5.91 Å². The number of hydrogen-bond donors (Lipinski definition) is 0. The van der Waals surface area contributed by atoms with Gasteiger partial charge in [-0.25, -0.2) is 5.01 Å². The summed E-state index contributed by atoms with van der Waals surface area (Å²) >= 11 is 13.2. The van der Waals surface area contributed by atoms with Gasteiger partial charge in [0.2, 0.25) is 0 Å². The highest BCUT2D eigenvalue weighted by Crippen LogP contribution is 2.35. The summed E-state index contributed by atoms with van der Waals surface area (Å²) in [7, 11) is 0. The summed E-state index contributed by atoms with van der Waals surface area (Å²) in [6.07, 6.45) is 0.638. The van der Waals surface area contributed by atoms with Crippen LogP contribution < -0.4 is 0 Å². The second-order valence-corrected chi connectivity index (χ2v) is 8.69. The molecule has 3 nitrogen and oxygen atoms in total. The van der Waals surface area contributed by atoms with Gasteiger partial charge in [0.15, 0.2) is 0 Å². The Labute approximate surface area is 185 Å². The van der Waals surface area contributed by atoms with Crippen LogP contribution in [-0.4, -0.2) is 16.6 Å². The van der Waals surface area contributed by atoms with E-state index in [0.717, 1.165) is 25.8 Å². The molecular formula is C22H15Br2ClN2O. The van der Waals surface area contributed by atoms with Crippen LogP contribution in [0.3, 0.4) is 0 Å². The van der Waals surface area contributed by atoms with E-state index in [1.54, 1.807) is 17.1 Å². The summed E-state index contributed by atoms with van der Waals surface area (Å²) in [5.74, 6) is -0.203. The number of amides is 1. The van der Waals surface area contributed by atoms with E-state index in [1.807, 2.05) is 60.7 Å². The Morgan fingerprint density at radius 2 is 1.54 bits per heavy atom. The average molecular weight is 519 g/mol. The standard InChI is InChI=1S/C22H15Br2ClN2O/c23-16-9-5-14(6-10-16)20-13-21(15-7-11-17(24)12-8-15)27(26-20)22(28)18-3-1-2-4-19(18)25/h1-12,21H,13H2. The van der Waals surface area contributed by atoms with Gasteiger partial charge >= 0.3 is 0 Å². The molecule has 0 saturated heterocycles. The second-order valence-electron chi connectivity index (χ2n) is 6.45. The molecule has 1 aliphatic rings. The number of hydrogen-bond acceptors (Lipinski definition) is 2. The highest BCUT2D eigenvalue weighted by molar-refractivity contribution is 9.10. The van der Waals surface area contributed by atoms with Crippen LogP contribution in [0.1, 0.15) is 33.9 Å². The van der Waals surface area contributed by atoms with Gasteiger partial charge in [0.1, 0.15) is 0 Å². The Kier molecular flexibility index (Phi) is 5.67. The largest absolute Gasteiger partial charge is 0.276 e. The molecule has 0 aromatic heterocycles. The third-order valence-corrected chi connectivity index (χ3v) is 6.04. The molecule has 0 aliphatic carbocycles. The molecule has 140 valence electrons. The quantitative estimate of drug-likeness (QED) is 0.373. The van der Waals surface area contributed by atoms with E-state index in [-0.39, 0.29) is 11.9 Å². The van der Waals surface area contributed by atoms with Crippen LogP contribution in [0, 0.1) is 0 Å². The molecule has 1 heterocycles. The molecule has 0 fully saturated rings. The fourth-order valence-electron chi connectivity index (χ4n) is 3.22. The topological polar surface area (TPSA) is 32.7 Å². The van der Waals surface area contributed by atoms with Crippen molar-refractivity contribution in [2.45, 2.75) is 12.5 Å². The van der Waals surface area contributed by atoms with Crippen molar-refractivity contribution < 1.29 is 4.79 Å². The van der Waals surface area contributed by atoms with E-state index in [2.05, 4.69) is 31.9 Å². The fraction of sp³-hybridized carbons (Fsp3) is 0.0909. The fourth-order valence-corrected chi connectivity index (χ4v) is 3.96. The Morgan fingerprint density at radius 1 is 0.929 bits per heavy atom. The minimum absolute atomic E-state index is 0.185. The van der Waals surface area contributed by atoms with Gasteiger partial charge in [-0.05, 0) is 47.5 Å². The molecule has 3 aromatic rings. The van der Waals surface area contributed by atoms with E-state index in [1.165, 1.54) is 0 Å². The summed E-state index contributed by atoms with van der Waals surface area (Å²) in [5, 5.41) is 6.68. The zero-order valence-electron chi connectivity index (χ0n) is 14.6. The van der Waals surface area contributed by atoms with Gasteiger partial charge in [-0.15, -0.1) is 0 Å². The third-order valence-electron chi connectivity index (χ3n) is 4.65. The number of hydrazone groups is 1. The van der Waals surface area contributed by atoms with Crippen LogP contribution in [0.15, 0.2) is 86.8 Å². The third kappa shape index (κ3) is 3.93. The number of halogens is 3. The molecule has 0 radical (unpaired) electrons. The number of carbonyl (C=O) groups is 1. The van der Waals surface area contributed by atoms with Crippen molar-refractivity contribution in [3.8, 4) is 0 Å². The smallest absolute Gasteiger partial charge is 0.267 e. The first-order valence-corrected chi connectivity index (χ1v) is 10.7. The van der Waals surface area contributed by atoms with Crippen molar-refractivity contribution in [2.75, 3.05) is 0 Å². The monoisotopic (exact) mass is 516 g/mol. The van der Waals surface area contributed by atoms with Crippen LogP contribution in [0.4, 0.5) is 0 Å². The first-order chi connectivity index (χ1) is 13.5. The summed E-state index contributed by atoms with van der Waals surface area (Å²) in [5.41, 5.74) is 3.35. The average Bonchev–Trinajstić information content (AvgIpc) is 3.14. The zero-order chi connectivity index (χ0) is 19.7. The molecule has 1 atom stereocenters. The van der Waals surface area contributed by atoms with Gasteiger partial charge in [0, 0.05) is 15.4 Å². The van der Waals surface area contributed by atoms with E-state index < -0.39 is 0 Å². The maximum atomic E-state index is 13.3. The van der Waals surface area contributed by atoms with Gasteiger partial charge in [-0.3, -0.25) is 4.79 Å². The van der Waals surface area contributed by atoms with E-state index >= 15 is 0 Å². The summed E-state index contributed by atoms with van der Waals surface area (Å²) in [4.78, 5) is 13.3. The number of benzene rings is 3. The summed E-state index contributed by atoms with van der Waals surface area (Å²) in [6.45, 7) is 0. The van der Waals surface area contributed by atoms with Gasteiger partial charge in [-0.2, -0.15) is 5.10 Å². The van der Waals surface area contributed by atoms with E-state index in [0.29, 0.717) is 17.0 Å². The Morgan fingerprint density at radius 3 is 2.18 bits per heavy atom. The van der Waals surface area contributed by atoms with Crippen molar-refractivity contribution in [3.63, 3.8) is 0 Å². The van der Waals surface area contributed by atoms with E-state index in [9.17, 15) is 4.79 Å². The molecule has 6 heteroatoms. The van der Waals surface area contributed by atoms with Crippen molar-refractivity contribution >= 4 is 55.1 Å². The molecule has 0 bridgehead atoms. The van der Waals surface area contributed by atoms with Crippen LogP contribution in [-0.2, 0) is 0 Å². The number of nitrogens with zero attached hydrogens (tertiary/aromatic N) is 2. The van der Waals surface area contributed by atoms with Crippen molar-refractivity contribution in [1.82, 2.24) is 5.01 Å². The molecule has 3 aromatic carbocycles. The van der Waals surface area contributed by atoms with E-state index in [4.69, 9.17) is 16.7 Å².